The van der Waals surface area contributed by atoms with Gasteiger partial charge in [0, 0.05) is 34.4 Å². The number of H-pyrrole nitrogens is 2. The quantitative estimate of drug-likeness (QED) is 0.742. The Labute approximate surface area is 122 Å². The molecule has 0 saturated heterocycles. The predicted molar refractivity (Wildman–Crippen MR) is 80.5 cm³/mol. The van der Waals surface area contributed by atoms with E-state index >= 15 is 0 Å². The average molecular weight is 287 g/mol. The predicted octanol–water partition coefficient (Wildman–Crippen LogP) is 4.19. The second kappa shape index (κ2) is 5.47. The molecule has 2 N–H and O–H groups in total. The fourth-order valence-electron chi connectivity index (χ4n) is 2.50. The number of ether oxygens (including phenoxy) is 1. The Bertz CT molecular complexity index is 640. The molecule has 3 rings (SSSR count). The van der Waals surface area contributed by atoms with E-state index in [1.165, 1.54) is 0 Å². The molecule has 0 aliphatic rings. The molecule has 0 bridgehead atoms. The number of rotatable bonds is 4. The van der Waals surface area contributed by atoms with Gasteiger partial charge in [0.1, 0.15) is 5.75 Å². The van der Waals surface area contributed by atoms with Crippen LogP contribution in [-0.4, -0.2) is 17.1 Å². The lowest BCUT2D eigenvalue weighted by atomic mass is 9.91. The van der Waals surface area contributed by atoms with Crippen molar-refractivity contribution < 1.29 is 4.74 Å². The first-order valence-corrected chi connectivity index (χ1v) is 6.78. The second-order valence-electron chi connectivity index (χ2n) is 4.54. The molecule has 0 radical (unpaired) electrons. The average Bonchev–Trinajstić information content (AvgIpc) is 3.14. The van der Waals surface area contributed by atoms with Gasteiger partial charge >= 0.3 is 0 Å². The molecule has 2 heterocycles. The van der Waals surface area contributed by atoms with Crippen LogP contribution >= 0.6 is 11.6 Å². The molecule has 3 aromatic rings. The first kappa shape index (κ1) is 12.9. The van der Waals surface area contributed by atoms with Crippen molar-refractivity contribution in [1.82, 2.24) is 9.97 Å². The van der Waals surface area contributed by atoms with Crippen molar-refractivity contribution >= 4 is 11.6 Å². The molecule has 4 heteroatoms. The smallest absolute Gasteiger partial charge is 0.124 e. The zero-order valence-electron chi connectivity index (χ0n) is 11.1. The zero-order chi connectivity index (χ0) is 13.9. The summed E-state index contributed by atoms with van der Waals surface area (Å²) < 4.78 is 5.49. The second-order valence-corrected chi connectivity index (χ2v) is 4.95. The van der Waals surface area contributed by atoms with E-state index in [0.717, 1.165) is 22.7 Å². The number of aromatic amines is 2. The van der Waals surface area contributed by atoms with Crippen LogP contribution in [-0.2, 0) is 0 Å². The van der Waals surface area contributed by atoms with Gasteiger partial charge < -0.3 is 14.7 Å². The molecule has 0 spiro atoms. The van der Waals surface area contributed by atoms with Gasteiger partial charge in [-0.1, -0.05) is 17.7 Å². The van der Waals surface area contributed by atoms with Gasteiger partial charge in [-0.25, -0.2) is 0 Å². The largest absolute Gasteiger partial charge is 0.496 e. The molecular weight excluding hydrogens is 272 g/mol. The summed E-state index contributed by atoms with van der Waals surface area (Å²) in [6.45, 7) is 0. The standard InChI is InChI=1S/C16H15ClN2O/c1-20-14-8-2-5-11(17)15(14)16(12-6-3-9-18-12)13-7-4-10-19-13/h2-10,16,18-19H,1H3. The molecule has 0 atom stereocenters. The summed E-state index contributed by atoms with van der Waals surface area (Å²) in [5.41, 5.74) is 3.10. The minimum atomic E-state index is -0.0105. The van der Waals surface area contributed by atoms with Crippen LogP contribution in [0.3, 0.4) is 0 Å². The van der Waals surface area contributed by atoms with Crippen LogP contribution in [0.15, 0.2) is 54.9 Å². The maximum atomic E-state index is 6.43. The van der Waals surface area contributed by atoms with Crippen molar-refractivity contribution in [2.75, 3.05) is 7.11 Å². The summed E-state index contributed by atoms with van der Waals surface area (Å²) >= 11 is 6.43. The van der Waals surface area contributed by atoms with Crippen molar-refractivity contribution in [3.63, 3.8) is 0 Å². The summed E-state index contributed by atoms with van der Waals surface area (Å²) in [5, 5.41) is 0.693. The Morgan fingerprint density at radius 3 is 2.10 bits per heavy atom. The monoisotopic (exact) mass is 286 g/mol. The zero-order valence-corrected chi connectivity index (χ0v) is 11.8. The van der Waals surface area contributed by atoms with Crippen LogP contribution in [0.2, 0.25) is 5.02 Å². The molecule has 0 unspecified atom stereocenters. The molecule has 0 aliphatic heterocycles. The molecule has 102 valence electrons. The number of methoxy groups -OCH3 is 1. The lowest BCUT2D eigenvalue weighted by Crippen LogP contribution is -2.07. The van der Waals surface area contributed by atoms with Crippen molar-refractivity contribution in [3.8, 4) is 5.75 Å². The van der Waals surface area contributed by atoms with Crippen LogP contribution in [0.4, 0.5) is 0 Å². The van der Waals surface area contributed by atoms with Crippen molar-refractivity contribution in [3.05, 3.63) is 76.8 Å². The molecule has 20 heavy (non-hydrogen) atoms. The van der Waals surface area contributed by atoms with Gasteiger partial charge in [0.2, 0.25) is 0 Å². The molecule has 2 aromatic heterocycles. The van der Waals surface area contributed by atoms with Gasteiger partial charge in [-0.3, -0.25) is 0 Å². The third kappa shape index (κ3) is 2.21. The van der Waals surface area contributed by atoms with Crippen molar-refractivity contribution in [2.45, 2.75) is 5.92 Å². The summed E-state index contributed by atoms with van der Waals surface area (Å²) in [6, 6.07) is 13.8. The van der Waals surface area contributed by atoms with Crippen LogP contribution in [0.5, 0.6) is 5.75 Å². The third-order valence-electron chi connectivity index (χ3n) is 3.39. The van der Waals surface area contributed by atoms with E-state index in [1.54, 1.807) is 7.11 Å². The molecule has 1 aromatic carbocycles. The van der Waals surface area contributed by atoms with Crippen molar-refractivity contribution in [2.24, 2.45) is 0 Å². The molecule has 0 fully saturated rings. The van der Waals surface area contributed by atoms with E-state index in [2.05, 4.69) is 9.97 Å². The minimum Gasteiger partial charge on any atom is -0.496 e. The van der Waals surface area contributed by atoms with E-state index in [1.807, 2.05) is 54.9 Å². The number of benzene rings is 1. The van der Waals surface area contributed by atoms with Gasteiger partial charge in [0.05, 0.1) is 13.0 Å². The van der Waals surface area contributed by atoms with Gasteiger partial charge in [0.25, 0.3) is 0 Å². The maximum Gasteiger partial charge on any atom is 0.124 e. The highest BCUT2D eigenvalue weighted by Crippen LogP contribution is 2.39. The van der Waals surface area contributed by atoms with Crippen LogP contribution in [0.25, 0.3) is 0 Å². The molecular formula is C16H15ClN2O. The Morgan fingerprint density at radius 2 is 1.60 bits per heavy atom. The molecule has 0 aliphatic carbocycles. The normalized spacial score (nSPS) is 10.9. The SMILES string of the molecule is COc1cccc(Cl)c1C(c1ccc[nH]1)c1ccc[nH]1. The van der Waals surface area contributed by atoms with Gasteiger partial charge in [-0.05, 0) is 36.4 Å². The molecule has 0 amide bonds. The highest BCUT2D eigenvalue weighted by molar-refractivity contribution is 6.31. The van der Waals surface area contributed by atoms with Gasteiger partial charge in [-0.15, -0.1) is 0 Å². The van der Waals surface area contributed by atoms with Crippen LogP contribution in [0, 0.1) is 0 Å². The highest BCUT2D eigenvalue weighted by atomic mass is 35.5. The summed E-state index contributed by atoms with van der Waals surface area (Å²) in [6.07, 6.45) is 3.82. The Morgan fingerprint density at radius 1 is 0.950 bits per heavy atom. The first-order valence-electron chi connectivity index (χ1n) is 6.40. The van der Waals surface area contributed by atoms with Crippen LogP contribution < -0.4 is 4.74 Å². The lowest BCUT2D eigenvalue weighted by molar-refractivity contribution is 0.409. The van der Waals surface area contributed by atoms with Crippen molar-refractivity contribution in [1.29, 1.82) is 0 Å². The summed E-state index contributed by atoms with van der Waals surface area (Å²) in [4.78, 5) is 6.54. The number of hydrogen-bond acceptors (Lipinski definition) is 1. The number of nitrogens with one attached hydrogen (secondary N) is 2. The summed E-state index contributed by atoms with van der Waals surface area (Å²) in [5.74, 6) is 0.773. The topological polar surface area (TPSA) is 40.8 Å². The van der Waals surface area contributed by atoms with Gasteiger partial charge in [0.15, 0.2) is 0 Å². The van der Waals surface area contributed by atoms with E-state index in [-0.39, 0.29) is 5.92 Å². The van der Waals surface area contributed by atoms with Gasteiger partial charge in [-0.2, -0.15) is 0 Å². The van der Waals surface area contributed by atoms with Crippen LogP contribution in [0.1, 0.15) is 22.9 Å². The Hall–Kier alpha value is -2.13. The van der Waals surface area contributed by atoms with E-state index in [0.29, 0.717) is 5.02 Å². The molecule has 0 saturated carbocycles. The number of aromatic nitrogens is 2. The minimum absolute atomic E-state index is 0.0105. The van der Waals surface area contributed by atoms with E-state index in [9.17, 15) is 0 Å². The number of halogens is 1. The molecule has 3 nitrogen and oxygen atoms in total. The Kier molecular flexibility index (Phi) is 3.52. The fourth-order valence-corrected chi connectivity index (χ4v) is 2.78. The highest BCUT2D eigenvalue weighted by Gasteiger charge is 2.24. The lowest BCUT2D eigenvalue weighted by Gasteiger charge is -2.19. The third-order valence-corrected chi connectivity index (χ3v) is 3.72. The maximum absolute atomic E-state index is 6.43. The first-order chi connectivity index (χ1) is 9.81. The van der Waals surface area contributed by atoms with E-state index < -0.39 is 0 Å². The summed E-state index contributed by atoms with van der Waals surface area (Å²) in [7, 11) is 1.66. The number of hydrogen-bond donors (Lipinski definition) is 2. The Balaban J connectivity index is 2.21. The fraction of sp³-hybridized carbons (Fsp3) is 0.125. The van der Waals surface area contributed by atoms with E-state index in [4.69, 9.17) is 16.3 Å².